The number of hydrogen-bond donors (Lipinski definition) is 0. The number of nitro groups is 1. The van der Waals surface area contributed by atoms with Crippen molar-refractivity contribution in [3.63, 3.8) is 0 Å². The van der Waals surface area contributed by atoms with Crippen LogP contribution in [0.25, 0.3) is 23.0 Å². The van der Waals surface area contributed by atoms with Gasteiger partial charge in [-0.3, -0.25) is 24.3 Å². The number of aromatic nitrogens is 6. The van der Waals surface area contributed by atoms with Crippen LogP contribution in [0.2, 0.25) is 0 Å². The van der Waals surface area contributed by atoms with E-state index in [-0.39, 0.29) is 34.4 Å². The highest BCUT2D eigenvalue weighted by Crippen LogP contribution is 2.18. The Balaban J connectivity index is 1.29. The summed E-state index contributed by atoms with van der Waals surface area (Å²) in [5.74, 6) is -0.370. The van der Waals surface area contributed by atoms with E-state index in [1.54, 1.807) is 24.4 Å². The Hall–Kier alpha value is -4.76. The third-order valence-electron chi connectivity index (χ3n) is 4.49. The first-order valence-electron chi connectivity index (χ1n) is 10.1. The van der Waals surface area contributed by atoms with Crippen LogP contribution in [0.5, 0.6) is 0 Å². The maximum atomic E-state index is 12.2. The predicted octanol–water partition coefficient (Wildman–Crippen LogP) is 1.86. The SMILES string of the molecule is O=C(OCCOS(=O)(=O)c1ccc([N+](=O)[O-])cc1)c1ccc(-c2nnc(-c3ccccn3)nn2)nc1. The Labute approximate surface area is 203 Å². The van der Waals surface area contributed by atoms with Crippen molar-refractivity contribution in [1.29, 1.82) is 0 Å². The van der Waals surface area contributed by atoms with Crippen molar-refractivity contribution in [2.45, 2.75) is 4.90 Å². The zero-order valence-corrected chi connectivity index (χ0v) is 19.0. The maximum absolute atomic E-state index is 12.2. The highest BCUT2D eigenvalue weighted by molar-refractivity contribution is 7.86. The van der Waals surface area contributed by atoms with E-state index in [2.05, 4.69) is 30.4 Å². The lowest BCUT2D eigenvalue weighted by Crippen LogP contribution is -2.15. The van der Waals surface area contributed by atoms with Crippen LogP contribution in [0.3, 0.4) is 0 Å². The molecule has 4 rings (SSSR count). The van der Waals surface area contributed by atoms with Crippen molar-refractivity contribution >= 4 is 21.8 Å². The molecule has 36 heavy (non-hydrogen) atoms. The van der Waals surface area contributed by atoms with Crippen LogP contribution in [0.1, 0.15) is 10.4 Å². The summed E-state index contributed by atoms with van der Waals surface area (Å²) in [6, 6.07) is 12.3. The average molecular weight is 509 g/mol. The molecule has 15 heteroatoms. The fraction of sp³-hybridized carbons (Fsp3) is 0.0952. The summed E-state index contributed by atoms with van der Waals surface area (Å²) in [6.07, 6.45) is 2.83. The lowest BCUT2D eigenvalue weighted by molar-refractivity contribution is -0.384. The molecule has 0 saturated heterocycles. The summed E-state index contributed by atoms with van der Waals surface area (Å²) in [4.78, 5) is 30.2. The molecular formula is C21H15N7O7S. The van der Waals surface area contributed by atoms with Crippen LogP contribution in [0.4, 0.5) is 5.69 Å². The molecule has 0 saturated carbocycles. The molecule has 182 valence electrons. The summed E-state index contributed by atoms with van der Waals surface area (Å²) in [5.41, 5.74) is 0.669. The number of rotatable bonds is 9. The van der Waals surface area contributed by atoms with Gasteiger partial charge in [0, 0.05) is 24.5 Å². The molecule has 3 heterocycles. The van der Waals surface area contributed by atoms with E-state index in [9.17, 15) is 23.3 Å². The first-order chi connectivity index (χ1) is 17.3. The number of hydrogen-bond acceptors (Lipinski definition) is 13. The van der Waals surface area contributed by atoms with E-state index in [1.165, 1.54) is 18.3 Å². The molecule has 0 aliphatic heterocycles. The number of non-ortho nitro benzene ring substituents is 1. The molecule has 0 atom stereocenters. The third kappa shape index (κ3) is 5.83. The summed E-state index contributed by atoms with van der Waals surface area (Å²) in [5, 5.41) is 26.6. The van der Waals surface area contributed by atoms with Gasteiger partial charge in [-0.15, -0.1) is 20.4 Å². The molecule has 0 N–H and O–H groups in total. The van der Waals surface area contributed by atoms with Crippen LogP contribution in [0.15, 0.2) is 71.9 Å². The van der Waals surface area contributed by atoms with Crippen LogP contribution in [-0.4, -0.2) is 62.9 Å². The molecule has 0 aliphatic carbocycles. The number of ether oxygens (including phenoxy) is 1. The van der Waals surface area contributed by atoms with E-state index >= 15 is 0 Å². The Kier molecular flexibility index (Phi) is 7.22. The second-order valence-corrected chi connectivity index (χ2v) is 8.47. The van der Waals surface area contributed by atoms with Gasteiger partial charge in [0.15, 0.2) is 0 Å². The minimum Gasteiger partial charge on any atom is -0.460 e. The second-order valence-electron chi connectivity index (χ2n) is 6.86. The fourth-order valence-corrected chi connectivity index (χ4v) is 3.63. The zero-order valence-electron chi connectivity index (χ0n) is 18.2. The number of nitro benzene ring substituents is 1. The number of carbonyl (C=O) groups excluding carboxylic acids is 1. The highest BCUT2D eigenvalue weighted by atomic mass is 32.2. The smallest absolute Gasteiger partial charge is 0.339 e. The Morgan fingerprint density at radius 1 is 0.861 bits per heavy atom. The van der Waals surface area contributed by atoms with Gasteiger partial charge in [-0.1, -0.05) is 6.07 Å². The zero-order chi connectivity index (χ0) is 25.5. The molecule has 0 aliphatic rings. The van der Waals surface area contributed by atoms with Gasteiger partial charge in [-0.05, 0) is 36.4 Å². The minimum absolute atomic E-state index is 0.100. The molecule has 0 radical (unpaired) electrons. The maximum Gasteiger partial charge on any atom is 0.339 e. The number of carbonyl (C=O) groups is 1. The van der Waals surface area contributed by atoms with Crippen LogP contribution >= 0.6 is 0 Å². The molecule has 3 aromatic heterocycles. The Bertz CT molecular complexity index is 1470. The summed E-state index contributed by atoms with van der Waals surface area (Å²) >= 11 is 0. The van der Waals surface area contributed by atoms with Gasteiger partial charge >= 0.3 is 5.97 Å². The highest BCUT2D eigenvalue weighted by Gasteiger charge is 2.18. The lowest BCUT2D eigenvalue weighted by atomic mass is 10.2. The van der Waals surface area contributed by atoms with E-state index in [0.29, 0.717) is 11.4 Å². The minimum atomic E-state index is -4.18. The predicted molar refractivity (Wildman–Crippen MR) is 121 cm³/mol. The molecule has 0 bridgehead atoms. The summed E-state index contributed by atoms with van der Waals surface area (Å²) < 4.78 is 34.1. The molecule has 0 unspecified atom stereocenters. The average Bonchev–Trinajstić information content (AvgIpc) is 2.92. The van der Waals surface area contributed by atoms with Crippen molar-refractivity contribution in [1.82, 2.24) is 30.4 Å². The van der Waals surface area contributed by atoms with Gasteiger partial charge in [0.2, 0.25) is 11.6 Å². The van der Waals surface area contributed by atoms with E-state index in [4.69, 9.17) is 8.92 Å². The monoisotopic (exact) mass is 509 g/mol. The molecule has 0 amide bonds. The van der Waals surface area contributed by atoms with Crippen molar-refractivity contribution in [2.75, 3.05) is 13.2 Å². The van der Waals surface area contributed by atoms with Gasteiger partial charge in [0.1, 0.15) is 24.6 Å². The van der Waals surface area contributed by atoms with Crippen molar-refractivity contribution in [3.05, 3.63) is 82.7 Å². The third-order valence-corrected chi connectivity index (χ3v) is 5.82. The van der Waals surface area contributed by atoms with Crippen molar-refractivity contribution in [3.8, 4) is 23.0 Å². The van der Waals surface area contributed by atoms with Crippen molar-refractivity contribution < 1.29 is 27.1 Å². The number of nitrogens with zero attached hydrogens (tertiary/aromatic N) is 7. The number of pyridine rings is 2. The molecule has 4 aromatic rings. The van der Waals surface area contributed by atoms with E-state index in [1.807, 2.05) is 0 Å². The quantitative estimate of drug-likeness (QED) is 0.104. The first kappa shape index (κ1) is 24.4. The number of benzene rings is 1. The topological polar surface area (TPSA) is 190 Å². The van der Waals surface area contributed by atoms with Gasteiger partial charge in [0.05, 0.1) is 15.4 Å². The summed E-state index contributed by atoms with van der Waals surface area (Å²) in [7, 11) is -4.18. The van der Waals surface area contributed by atoms with Gasteiger partial charge in [-0.25, -0.2) is 4.79 Å². The summed E-state index contributed by atoms with van der Waals surface area (Å²) in [6.45, 7) is -0.816. The standard InChI is InChI=1S/C21H15N7O7S/c29-21(34-11-12-35-36(32,33)16-7-5-15(6-8-16)28(30)31)14-4-9-18(23-13-14)20-26-24-19(25-27-20)17-3-1-2-10-22-17/h1-10,13H,11-12H2. The normalized spacial score (nSPS) is 11.1. The molecule has 0 fully saturated rings. The van der Waals surface area contributed by atoms with Crippen LogP contribution in [0, 0.1) is 10.1 Å². The Morgan fingerprint density at radius 3 is 2.08 bits per heavy atom. The molecular weight excluding hydrogens is 494 g/mol. The largest absolute Gasteiger partial charge is 0.460 e. The van der Waals surface area contributed by atoms with Crippen LogP contribution in [-0.2, 0) is 19.0 Å². The lowest BCUT2D eigenvalue weighted by Gasteiger charge is -2.07. The second kappa shape index (κ2) is 10.7. The molecule has 1 aromatic carbocycles. The Morgan fingerprint density at radius 2 is 1.53 bits per heavy atom. The van der Waals surface area contributed by atoms with Crippen LogP contribution < -0.4 is 0 Å². The van der Waals surface area contributed by atoms with Crippen molar-refractivity contribution in [2.24, 2.45) is 0 Å². The molecule has 0 spiro atoms. The molecule has 14 nitrogen and oxygen atoms in total. The first-order valence-corrected chi connectivity index (χ1v) is 11.5. The van der Waals surface area contributed by atoms with Gasteiger partial charge in [-0.2, -0.15) is 8.42 Å². The van der Waals surface area contributed by atoms with Gasteiger partial charge in [0.25, 0.3) is 15.8 Å². The fourth-order valence-electron chi connectivity index (χ4n) is 2.74. The number of esters is 1. The van der Waals surface area contributed by atoms with E-state index < -0.39 is 27.6 Å². The van der Waals surface area contributed by atoms with E-state index in [0.717, 1.165) is 24.3 Å². The van der Waals surface area contributed by atoms with Gasteiger partial charge < -0.3 is 4.74 Å².